The Morgan fingerprint density at radius 3 is 2.52 bits per heavy atom. The standard InChI is InChI=1S/C21H14Cl2O6/c1-2-27-20(25)15-10-12-6-7-13(11-18(12)29-21(15)26)28-19(24)9-8-14-16(22)4-3-5-17(14)23/h3-11H,2H2,1H3/b9-8+. The van der Waals surface area contributed by atoms with Gasteiger partial charge in [0.25, 0.3) is 0 Å². The molecule has 2 aromatic carbocycles. The molecule has 0 radical (unpaired) electrons. The molecular weight excluding hydrogens is 419 g/mol. The van der Waals surface area contributed by atoms with Crippen LogP contribution in [-0.4, -0.2) is 18.5 Å². The maximum Gasteiger partial charge on any atom is 0.351 e. The zero-order valence-corrected chi connectivity index (χ0v) is 16.6. The van der Waals surface area contributed by atoms with Crippen LogP contribution in [0.5, 0.6) is 5.75 Å². The van der Waals surface area contributed by atoms with E-state index in [2.05, 4.69) is 0 Å². The summed E-state index contributed by atoms with van der Waals surface area (Å²) in [4.78, 5) is 35.9. The SMILES string of the molecule is CCOC(=O)c1cc2ccc(OC(=O)/C=C/c3c(Cl)cccc3Cl)cc2oc1=O. The fraction of sp³-hybridized carbons (Fsp3) is 0.0952. The van der Waals surface area contributed by atoms with Crippen LogP contribution in [0.3, 0.4) is 0 Å². The molecule has 0 aliphatic heterocycles. The van der Waals surface area contributed by atoms with E-state index in [1.165, 1.54) is 30.4 Å². The lowest BCUT2D eigenvalue weighted by atomic mass is 10.2. The minimum atomic E-state index is -0.840. The molecule has 0 spiro atoms. The van der Waals surface area contributed by atoms with E-state index >= 15 is 0 Å². The summed E-state index contributed by atoms with van der Waals surface area (Å²) < 4.78 is 15.2. The summed E-state index contributed by atoms with van der Waals surface area (Å²) in [6.45, 7) is 1.77. The fourth-order valence-corrected chi connectivity index (χ4v) is 3.00. The average molecular weight is 433 g/mol. The summed E-state index contributed by atoms with van der Waals surface area (Å²) in [6, 6.07) is 10.8. The van der Waals surface area contributed by atoms with E-state index < -0.39 is 17.6 Å². The molecule has 0 N–H and O–H groups in total. The third-order valence-electron chi connectivity index (χ3n) is 3.81. The molecule has 0 aliphatic rings. The van der Waals surface area contributed by atoms with Gasteiger partial charge in [0.05, 0.1) is 6.61 Å². The topological polar surface area (TPSA) is 82.8 Å². The van der Waals surface area contributed by atoms with Crippen molar-refractivity contribution in [1.29, 1.82) is 0 Å². The van der Waals surface area contributed by atoms with Crippen molar-refractivity contribution in [2.75, 3.05) is 6.61 Å². The summed E-state index contributed by atoms with van der Waals surface area (Å²) in [5.41, 5.74) is -0.397. The molecule has 148 valence electrons. The number of rotatable bonds is 5. The van der Waals surface area contributed by atoms with Gasteiger partial charge >= 0.3 is 17.6 Å². The number of carbonyl (C=O) groups excluding carboxylic acids is 2. The number of fused-ring (bicyclic) bond motifs is 1. The van der Waals surface area contributed by atoms with Crippen LogP contribution in [0.15, 0.2) is 57.8 Å². The number of hydrogen-bond donors (Lipinski definition) is 0. The van der Waals surface area contributed by atoms with Crippen LogP contribution in [0.1, 0.15) is 22.8 Å². The van der Waals surface area contributed by atoms with Crippen LogP contribution < -0.4 is 10.4 Å². The van der Waals surface area contributed by atoms with Crippen molar-refractivity contribution in [3.8, 4) is 5.75 Å². The van der Waals surface area contributed by atoms with Gasteiger partial charge in [0, 0.05) is 33.1 Å². The van der Waals surface area contributed by atoms with Gasteiger partial charge in [-0.25, -0.2) is 14.4 Å². The first-order valence-corrected chi connectivity index (χ1v) is 9.23. The summed E-state index contributed by atoms with van der Waals surface area (Å²) in [6.07, 6.45) is 2.62. The molecule has 0 fully saturated rings. The summed E-state index contributed by atoms with van der Waals surface area (Å²) >= 11 is 12.1. The van der Waals surface area contributed by atoms with Gasteiger partial charge in [-0.1, -0.05) is 29.3 Å². The monoisotopic (exact) mass is 432 g/mol. The van der Waals surface area contributed by atoms with E-state index in [1.807, 2.05) is 0 Å². The normalized spacial score (nSPS) is 11.0. The Labute approximate surface area is 175 Å². The first kappa shape index (κ1) is 20.6. The number of halogens is 2. The van der Waals surface area contributed by atoms with Gasteiger partial charge in [-0.15, -0.1) is 0 Å². The molecule has 0 unspecified atom stereocenters. The highest BCUT2D eigenvalue weighted by Gasteiger charge is 2.15. The van der Waals surface area contributed by atoms with Gasteiger partial charge in [0.15, 0.2) is 0 Å². The van der Waals surface area contributed by atoms with Crippen molar-refractivity contribution >= 4 is 52.2 Å². The highest BCUT2D eigenvalue weighted by molar-refractivity contribution is 6.37. The van der Waals surface area contributed by atoms with Crippen LogP contribution in [-0.2, 0) is 9.53 Å². The van der Waals surface area contributed by atoms with Crippen LogP contribution in [0, 0.1) is 0 Å². The zero-order valence-electron chi connectivity index (χ0n) is 15.1. The largest absolute Gasteiger partial charge is 0.462 e. The molecule has 0 atom stereocenters. The molecule has 0 amide bonds. The summed E-state index contributed by atoms with van der Waals surface area (Å²) in [7, 11) is 0. The van der Waals surface area contributed by atoms with Crippen molar-refractivity contribution < 1.29 is 23.5 Å². The van der Waals surface area contributed by atoms with Crippen LogP contribution in [0.2, 0.25) is 10.0 Å². The van der Waals surface area contributed by atoms with Gasteiger partial charge in [-0.3, -0.25) is 0 Å². The molecule has 1 heterocycles. The van der Waals surface area contributed by atoms with E-state index in [9.17, 15) is 14.4 Å². The number of carbonyl (C=O) groups is 2. The molecule has 3 aromatic rings. The maximum atomic E-state index is 12.1. The van der Waals surface area contributed by atoms with Crippen molar-refractivity contribution in [1.82, 2.24) is 0 Å². The highest BCUT2D eigenvalue weighted by Crippen LogP contribution is 2.26. The van der Waals surface area contributed by atoms with E-state index in [1.54, 1.807) is 31.2 Å². The Balaban J connectivity index is 1.81. The zero-order chi connectivity index (χ0) is 21.0. The number of ether oxygens (including phenoxy) is 2. The minimum Gasteiger partial charge on any atom is -0.462 e. The second-order valence-corrected chi connectivity index (χ2v) is 6.57. The Kier molecular flexibility index (Phi) is 6.36. The molecule has 0 aliphatic carbocycles. The first-order valence-electron chi connectivity index (χ1n) is 8.48. The molecule has 8 heteroatoms. The molecule has 3 rings (SSSR count). The highest BCUT2D eigenvalue weighted by atomic mass is 35.5. The Morgan fingerprint density at radius 1 is 1.10 bits per heavy atom. The van der Waals surface area contributed by atoms with E-state index in [4.69, 9.17) is 37.1 Å². The van der Waals surface area contributed by atoms with E-state index in [-0.39, 0.29) is 23.5 Å². The molecule has 0 bridgehead atoms. The smallest absolute Gasteiger partial charge is 0.351 e. The lowest BCUT2D eigenvalue weighted by Gasteiger charge is -2.05. The molecule has 0 saturated heterocycles. The second-order valence-electron chi connectivity index (χ2n) is 5.76. The van der Waals surface area contributed by atoms with E-state index in [0.29, 0.717) is 21.0 Å². The van der Waals surface area contributed by atoms with Crippen molar-refractivity contribution in [2.45, 2.75) is 6.92 Å². The van der Waals surface area contributed by atoms with Gasteiger partial charge in [-0.05, 0) is 43.3 Å². The Hall–Kier alpha value is -3.09. The van der Waals surface area contributed by atoms with Crippen LogP contribution in [0.25, 0.3) is 17.0 Å². The van der Waals surface area contributed by atoms with Gasteiger partial charge < -0.3 is 13.9 Å². The molecule has 0 saturated carbocycles. The second kappa shape index (κ2) is 8.94. The lowest BCUT2D eigenvalue weighted by Crippen LogP contribution is -2.16. The number of hydrogen-bond acceptors (Lipinski definition) is 6. The van der Waals surface area contributed by atoms with Crippen LogP contribution >= 0.6 is 23.2 Å². The maximum absolute atomic E-state index is 12.1. The molecular formula is C21H14Cl2O6. The summed E-state index contributed by atoms with van der Waals surface area (Å²) in [5, 5.41) is 1.27. The fourth-order valence-electron chi connectivity index (χ4n) is 2.48. The Morgan fingerprint density at radius 2 is 1.83 bits per heavy atom. The van der Waals surface area contributed by atoms with Crippen molar-refractivity contribution in [2.24, 2.45) is 0 Å². The van der Waals surface area contributed by atoms with Gasteiger partial charge in [-0.2, -0.15) is 0 Å². The van der Waals surface area contributed by atoms with Crippen molar-refractivity contribution in [3.05, 3.63) is 80.1 Å². The first-order chi connectivity index (χ1) is 13.9. The molecule has 6 nitrogen and oxygen atoms in total. The molecule has 29 heavy (non-hydrogen) atoms. The minimum absolute atomic E-state index is 0.137. The lowest BCUT2D eigenvalue weighted by molar-refractivity contribution is -0.128. The van der Waals surface area contributed by atoms with Crippen LogP contribution in [0.4, 0.5) is 0 Å². The van der Waals surface area contributed by atoms with Crippen molar-refractivity contribution in [3.63, 3.8) is 0 Å². The van der Waals surface area contributed by atoms with Gasteiger partial charge in [0.1, 0.15) is 16.9 Å². The number of esters is 2. The summed E-state index contributed by atoms with van der Waals surface area (Å²) in [5.74, 6) is -1.28. The third-order valence-corrected chi connectivity index (χ3v) is 4.47. The Bertz CT molecular complexity index is 1160. The molecule has 1 aromatic heterocycles. The quantitative estimate of drug-likeness (QED) is 0.247. The predicted molar refractivity (Wildman–Crippen MR) is 110 cm³/mol. The number of benzene rings is 2. The van der Waals surface area contributed by atoms with Gasteiger partial charge in [0.2, 0.25) is 0 Å². The predicted octanol–water partition coefficient (Wildman–Crippen LogP) is 4.90. The van der Waals surface area contributed by atoms with E-state index in [0.717, 1.165) is 0 Å². The third kappa shape index (κ3) is 4.85. The average Bonchev–Trinajstić information content (AvgIpc) is 2.67.